The lowest BCUT2D eigenvalue weighted by atomic mass is 10.0. The van der Waals surface area contributed by atoms with E-state index < -0.39 is 5.97 Å². The van der Waals surface area contributed by atoms with Gasteiger partial charge < -0.3 is 15.3 Å². The maximum absolute atomic E-state index is 11.6. The molecule has 0 aromatic rings. The van der Waals surface area contributed by atoms with E-state index in [1.54, 1.807) is 0 Å². The molecule has 0 aromatic heterocycles. The molecular weight excluding hydrogens is 232 g/mol. The monoisotopic (exact) mass is 256 g/mol. The second kappa shape index (κ2) is 8.08. The number of carboxylic acids is 1. The van der Waals surface area contributed by atoms with Crippen molar-refractivity contribution in [2.24, 2.45) is 0 Å². The predicted molar refractivity (Wildman–Crippen MR) is 69.4 cm³/mol. The first-order chi connectivity index (χ1) is 8.59. The van der Waals surface area contributed by atoms with Crippen molar-refractivity contribution in [1.82, 2.24) is 10.2 Å². The molecule has 5 heteroatoms. The van der Waals surface area contributed by atoms with E-state index in [0.29, 0.717) is 31.8 Å². The number of likely N-dealkylation sites (N-methyl/N-ethyl adjacent to an activating group) is 1. The molecular formula is C13H24N2O3. The van der Waals surface area contributed by atoms with Crippen LogP contribution in [0.25, 0.3) is 0 Å². The van der Waals surface area contributed by atoms with Crippen LogP contribution < -0.4 is 5.32 Å². The predicted octanol–water partition coefficient (Wildman–Crippen LogP) is 1.23. The van der Waals surface area contributed by atoms with E-state index >= 15 is 0 Å². The van der Waals surface area contributed by atoms with Gasteiger partial charge in [0.1, 0.15) is 0 Å². The Morgan fingerprint density at radius 3 is 2.67 bits per heavy atom. The summed E-state index contributed by atoms with van der Waals surface area (Å²) in [7, 11) is 2.10. The van der Waals surface area contributed by atoms with E-state index in [2.05, 4.69) is 17.3 Å². The Morgan fingerprint density at radius 2 is 2.00 bits per heavy atom. The fourth-order valence-corrected chi connectivity index (χ4v) is 2.28. The molecule has 0 radical (unpaired) electrons. The zero-order valence-corrected chi connectivity index (χ0v) is 11.2. The maximum Gasteiger partial charge on any atom is 0.303 e. The van der Waals surface area contributed by atoms with Crippen LogP contribution in [0.5, 0.6) is 0 Å². The van der Waals surface area contributed by atoms with Crippen LogP contribution in [0, 0.1) is 0 Å². The lowest BCUT2D eigenvalue weighted by Gasteiger charge is -2.32. The molecule has 18 heavy (non-hydrogen) atoms. The number of amides is 1. The van der Waals surface area contributed by atoms with Crippen LogP contribution >= 0.6 is 0 Å². The molecule has 1 fully saturated rings. The number of hydrogen-bond acceptors (Lipinski definition) is 3. The van der Waals surface area contributed by atoms with Gasteiger partial charge in [0.15, 0.2) is 0 Å². The van der Waals surface area contributed by atoms with E-state index in [1.807, 2.05) is 0 Å². The van der Waals surface area contributed by atoms with Gasteiger partial charge in [-0.05, 0) is 39.3 Å². The standard InChI is InChI=1S/C13H24N2O3/c1-15-9-5-4-6-11(15)10-14-12(16)7-2-3-8-13(17)18/h11H,2-10H2,1H3,(H,14,16)(H,17,18). The summed E-state index contributed by atoms with van der Waals surface area (Å²) < 4.78 is 0. The normalized spacial score (nSPS) is 20.6. The molecule has 1 rings (SSSR count). The van der Waals surface area contributed by atoms with Gasteiger partial charge in [-0.25, -0.2) is 0 Å². The van der Waals surface area contributed by atoms with Crippen LogP contribution in [-0.2, 0) is 9.59 Å². The molecule has 1 heterocycles. The van der Waals surface area contributed by atoms with Crippen LogP contribution in [0.4, 0.5) is 0 Å². The summed E-state index contributed by atoms with van der Waals surface area (Å²) >= 11 is 0. The molecule has 1 saturated heterocycles. The number of carbonyl (C=O) groups excluding carboxylic acids is 1. The molecule has 1 amide bonds. The van der Waals surface area contributed by atoms with Gasteiger partial charge in [0.25, 0.3) is 0 Å². The first kappa shape index (κ1) is 15.0. The van der Waals surface area contributed by atoms with E-state index in [4.69, 9.17) is 5.11 Å². The summed E-state index contributed by atoms with van der Waals surface area (Å²) in [5.74, 6) is -0.751. The smallest absolute Gasteiger partial charge is 0.303 e. The summed E-state index contributed by atoms with van der Waals surface area (Å²) in [4.78, 5) is 24.2. The first-order valence-corrected chi connectivity index (χ1v) is 6.78. The van der Waals surface area contributed by atoms with Gasteiger partial charge in [-0.3, -0.25) is 9.59 Å². The summed E-state index contributed by atoms with van der Waals surface area (Å²) in [6.07, 6.45) is 5.45. The number of aliphatic carboxylic acids is 1. The maximum atomic E-state index is 11.6. The van der Waals surface area contributed by atoms with Gasteiger partial charge in [-0.1, -0.05) is 6.42 Å². The highest BCUT2D eigenvalue weighted by Gasteiger charge is 2.18. The zero-order chi connectivity index (χ0) is 13.4. The highest BCUT2D eigenvalue weighted by Crippen LogP contribution is 2.14. The van der Waals surface area contributed by atoms with Gasteiger partial charge in [0, 0.05) is 25.4 Å². The molecule has 1 aliphatic rings. The third-order valence-corrected chi connectivity index (χ3v) is 3.50. The number of rotatable bonds is 7. The van der Waals surface area contributed by atoms with Crippen LogP contribution in [0.1, 0.15) is 44.9 Å². The molecule has 0 spiro atoms. The first-order valence-electron chi connectivity index (χ1n) is 6.78. The SMILES string of the molecule is CN1CCCCC1CNC(=O)CCCCC(=O)O. The Kier molecular flexibility index (Phi) is 6.72. The Hall–Kier alpha value is -1.10. The number of nitrogens with zero attached hydrogens (tertiary/aromatic N) is 1. The number of hydrogen-bond donors (Lipinski definition) is 2. The van der Waals surface area contributed by atoms with Gasteiger partial charge in [0.2, 0.25) is 5.91 Å². The van der Waals surface area contributed by atoms with Crippen molar-refractivity contribution in [1.29, 1.82) is 0 Å². The summed E-state index contributed by atoms with van der Waals surface area (Å²) in [5, 5.41) is 11.4. The molecule has 0 aromatic carbocycles. The van der Waals surface area contributed by atoms with Crippen LogP contribution in [0.15, 0.2) is 0 Å². The van der Waals surface area contributed by atoms with Crippen molar-refractivity contribution in [2.75, 3.05) is 20.1 Å². The average molecular weight is 256 g/mol. The number of piperidine rings is 1. The van der Waals surface area contributed by atoms with Gasteiger partial charge in [-0.2, -0.15) is 0 Å². The molecule has 2 N–H and O–H groups in total. The molecule has 1 atom stereocenters. The van der Waals surface area contributed by atoms with E-state index in [1.165, 1.54) is 12.8 Å². The van der Waals surface area contributed by atoms with Crippen molar-refractivity contribution >= 4 is 11.9 Å². The number of likely N-dealkylation sites (tertiary alicyclic amines) is 1. The zero-order valence-electron chi connectivity index (χ0n) is 11.2. The lowest BCUT2D eigenvalue weighted by Crippen LogP contribution is -2.44. The number of unbranched alkanes of at least 4 members (excludes halogenated alkanes) is 1. The Bertz CT molecular complexity index is 281. The Morgan fingerprint density at radius 1 is 1.28 bits per heavy atom. The molecule has 0 saturated carbocycles. The second-order valence-corrected chi connectivity index (χ2v) is 5.04. The molecule has 1 unspecified atom stereocenters. The van der Waals surface area contributed by atoms with Gasteiger partial charge >= 0.3 is 5.97 Å². The fraction of sp³-hybridized carbons (Fsp3) is 0.846. The molecule has 0 bridgehead atoms. The molecule has 5 nitrogen and oxygen atoms in total. The highest BCUT2D eigenvalue weighted by atomic mass is 16.4. The third kappa shape index (κ3) is 6.00. The third-order valence-electron chi connectivity index (χ3n) is 3.50. The van der Waals surface area contributed by atoms with Crippen molar-refractivity contribution < 1.29 is 14.7 Å². The van der Waals surface area contributed by atoms with E-state index in [-0.39, 0.29) is 12.3 Å². The van der Waals surface area contributed by atoms with Crippen molar-refractivity contribution in [3.8, 4) is 0 Å². The lowest BCUT2D eigenvalue weighted by molar-refractivity contribution is -0.137. The quantitative estimate of drug-likeness (QED) is 0.672. The molecule has 1 aliphatic heterocycles. The van der Waals surface area contributed by atoms with Crippen LogP contribution in [-0.4, -0.2) is 48.1 Å². The van der Waals surface area contributed by atoms with Crippen molar-refractivity contribution in [2.45, 2.75) is 51.0 Å². The minimum atomic E-state index is -0.792. The molecule has 0 aliphatic carbocycles. The fourth-order valence-electron chi connectivity index (χ4n) is 2.28. The number of nitrogens with one attached hydrogen (secondary N) is 1. The summed E-state index contributed by atoms with van der Waals surface area (Å²) in [6, 6.07) is 0.460. The highest BCUT2D eigenvalue weighted by molar-refractivity contribution is 5.75. The molecule has 104 valence electrons. The van der Waals surface area contributed by atoms with Crippen molar-refractivity contribution in [3.05, 3.63) is 0 Å². The van der Waals surface area contributed by atoms with Crippen LogP contribution in [0.3, 0.4) is 0 Å². The second-order valence-electron chi connectivity index (χ2n) is 5.04. The number of carbonyl (C=O) groups is 2. The van der Waals surface area contributed by atoms with E-state index in [9.17, 15) is 9.59 Å². The van der Waals surface area contributed by atoms with Gasteiger partial charge in [-0.15, -0.1) is 0 Å². The summed E-state index contributed by atoms with van der Waals surface area (Å²) in [6.45, 7) is 1.83. The van der Waals surface area contributed by atoms with Gasteiger partial charge in [0.05, 0.1) is 0 Å². The topological polar surface area (TPSA) is 69.6 Å². The summed E-state index contributed by atoms with van der Waals surface area (Å²) in [5.41, 5.74) is 0. The van der Waals surface area contributed by atoms with E-state index in [0.717, 1.165) is 13.0 Å². The largest absolute Gasteiger partial charge is 0.481 e. The average Bonchev–Trinajstić information content (AvgIpc) is 2.33. The Balaban J connectivity index is 2.07. The minimum Gasteiger partial charge on any atom is -0.481 e. The Labute approximate surface area is 109 Å². The van der Waals surface area contributed by atoms with Crippen LogP contribution in [0.2, 0.25) is 0 Å². The number of carboxylic acid groups (broad SMARTS) is 1. The van der Waals surface area contributed by atoms with Crippen molar-refractivity contribution in [3.63, 3.8) is 0 Å². The minimum absolute atomic E-state index is 0.0411.